The first kappa shape index (κ1) is 17.4. The quantitative estimate of drug-likeness (QED) is 0.640. The second-order valence-corrected chi connectivity index (χ2v) is 8.11. The lowest BCUT2D eigenvalue weighted by molar-refractivity contribution is 0.0930. The molecule has 1 saturated carbocycles. The van der Waals surface area contributed by atoms with E-state index in [-0.39, 0.29) is 23.8 Å². The van der Waals surface area contributed by atoms with Gasteiger partial charge in [0.1, 0.15) is 11.5 Å². The zero-order valence-corrected chi connectivity index (χ0v) is 16.1. The molecule has 2 heterocycles. The van der Waals surface area contributed by atoms with Gasteiger partial charge >= 0.3 is 0 Å². The molecule has 3 aromatic rings. The second kappa shape index (κ2) is 7.28. The highest BCUT2D eigenvalue weighted by atomic mass is 79.9. The van der Waals surface area contributed by atoms with Crippen LogP contribution in [0.5, 0.6) is 0 Å². The summed E-state index contributed by atoms with van der Waals surface area (Å²) in [5.41, 5.74) is 1.16. The zero-order chi connectivity index (χ0) is 18.1. The Morgan fingerprint density at radius 3 is 2.96 bits per heavy atom. The highest BCUT2D eigenvalue weighted by Gasteiger charge is 2.30. The number of nitrogens with one attached hydrogen (secondary N) is 2. The van der Waals surface area contributed by atoms with Crippen molar-refractivity contribution in [3.8, 4) is 0 Å². The number of halogens is 2. The first-order valence-corrected chi connectivity index (χ1v) is 9.95. The topological polar surface area (TPSA) is 66.9 Å². The van der Waals surface area contributed by atoms with Crippen molar-refractivity contribution in [1.82, 2.24) is 15.3 Å². The monoisotopic (exact) mass is 434 g/mol. The Hall–Kier alpha value is -2.06. The van der Waals surface area contributed by atoms with Crippen molar-refractivity contribution in [3.05, 3.63) is 52.5 Å². The van der Waals surface area contributed by atoms with Gasteiger partial charge in [0.05, 0.1) is 10.2 Å². The lowest BCUT2D eigenvalue weighted by Gasteiger charge is -2.21. The summed E-state index contributed by atoms with van der Waals surface area (Å²) in [6.45, 7) is 0. The van der Waals surface area contributed by atoms with Crippen LogP contribution in [0.2, 0.25) is 0 Å². The van der Waals surface area contributed by atoms with E-state index in [2.05, 4.69) is 36.5 Å². The van der Waals surface area contributed by atoms with Crippen LogP contribution in [0.4, 0.5) is 9.52 Å². The van der Waals surface area contributed by atoms with E-state index in [0.29, 0.717) is 10.2 Å². The lowest BCUT2D eigenvalue weighted by atomic mass is 10.1. The molecule has 1 aliphatic rings. The van der Waals surface area contributed by atoms with Crippen LogP contribution >= 0.6 is 27.3 Å². The molecule has 0 bridgehead atoms. The maximum atomic E-state index is 13.4. The maximum absolute atomic E-state index is 13.4. The van der Waals surface area contributed by atoms with Gasteiger partial charge < -0.3 is 10.6 Å². The SMILES string of the molecule is O=C(NC1CCC[C@@H]1Nc1nc2ccc(F)cc2s1)c1ncccc1Br. The molecule has 26 heavy (non-hydrogen) atoms. The molecule has 0 aliphatic heterocycles. The van der Waals surface area contributed by atoms with Crippen LogP contribution in [-0.4, -0.2) is 28.0 Å². The van der Waals surface area contributed by atoms with Gasteiger partial charge in [-0.05, 0) is 65.5 Å². The Bertz CT molecular complexity index is 963. The fourth-order valence-corrected chi connectivity index (χ4v) is 4.60. The van der Waals surface area contributed by atoms with Crippen LogP contribution in [0.15, 0.2) is 41.0 Å². The maximum Gasteiger partial charge on any atom is 0.271 e. The summed E-state index contributed by atoms with van der Waals surface area (Å²) < 4.78 is 14.8. The Kier molecular flexibility index (Phi) is 4.86. The van der Waals surface area contributed by atoms with E-state index in [9.17, 15) is 9.18 Å². The number of nitrogens with zero attached hydrogens (tertiary/aromatic N) is 2. The molecule has 0 spiro atoms. The number of rotatable bonds is 4. The van der Waals surface area contributed by atoms with Crippen molar-refractivity contribution in [3.63, 3.8) is 0 Å². The van der Waals surface area contributed by atoms with E-state index >= 15 is 0 Å². The minimum absolute atomic E-state index is 0.000143. The summed E-state index contributed by atoms with van der Waals surface area (Å²) in [5.74, 6) is -0.456. The average Bonchev–Trinajstić information content (AvgIpc) is 3.21. The van der Waals surface area contributed by atoms with Gasteiger partial charge in [-0.25, -0.2) is 14.4 Å². The molecule has 2 N–H and O–H groups in total. The Balaban J connectivity index is 1.47. The zero-order valence-electron chi connectivity index (χ0n) is 13.7. The van der Waals surface area contributed by atoms with Gasteiger partial charge in [0, 0.05) is 22.8 Å². The summed E-state index contributed by atoms with van der Waals surface area (Å²) in [5, 5.41) is 7.23. The number of fused-ring (bicyclic) bond motifs is 1. The van der Waals surface area contributed by atoms with Crippen LogP contribution < -0.4 is 10.6 Å². The molecule has 5 nitrogen and oxygen atoms in total. The Morgan fingerprint density at radius 1 is 1.27 bits per heavy atom. The van der Waals surface area contributed by atoms with E-state index in [0.717, 1.165) is 34.6 Å². The third kappa shape index (κ3) is 3.57. The summed E-state index contributed by atoms with van der Waals surface area (Å²) in [7, 11) is 0. The van der Waals surface area contributed by atoms with Crippen LogP contribution in [0.1, 0.15) is 29.8 Å². The largest absolute Gasteiger partial charge is 0.357 e. The lowest BCUT2D eigenvalue weighted by Crippen LogP contribution is -2.43. The third-order valence-corrected chi connectivity index (χ3v) is 6.05. The number of carbonyl (C=O) groups excluding carboxylic acids is 1. The van der Waals surface area contributed by atoms with Crippen molar-refractivity contribution in [2.45, 2.75) is 31.3 Å². The van der Waals surface area contributed by atoms with Crippen molar-refractivity contribution >= 4 is 48.5 Å². The van der Waals surface area contributed by atoms with Crippen LogP contribution in [-0.2, 0) is 0 Å². The van der Waals surface area contributed by atoms with E-state index in [1.54, 1.807) is 24.4 Å². The van der Waals surface area contributed by atoms with Crippen molar-refractivity contribution in [1.29, 1.82) is 0 Å². The van der Waals surface area contributed by atoms with Crippen LogP contribution in [0.3, 0.4) is 0 Å². The number of amides is 1. The van der Waals surface area contributed by atoms with Crippen LogP contribution in [0.25, 0.3) is 10.2 Å². The van der Waals surface area contributed by atoms with E-state index < -0.39 is 0 Å². The molecule has 8 heteroatoms. The van der Waals surface area contributed by atoms with Gasteiger partial charge in [-0.2, -0.15) is 0 Å². The van der Waals surface area contributed by atoms with Gasteiger partial charge in [-0.3, -0.25) is 4.79 Å². The smallest absolute Gasteiger partial charge is 0.271 e. The minimum Gasteiger partial charge on any atom is -0.357 e. The highest BCUT2D eigenvalue weighted by Crippen LogP contribution is 2.30. The van der Waals surface area contributed by atoms with E-state index in [1.807, 2.05) is 0 Å². The molecular weight excluding hydrogens is 419 g/mol. The van der Waals surface area contributed by atoms with Gasteiger partial charge in [-0.1, -0.05) is 11.3 Å². The predicted octanol–water partition coefficient (Wildman–Crippen LogP) is 4.36. The molecule has 1 unspecified atom stereocenters. The number of thiazole rings is 1. The molecular formula is C18H16BrFN4OS. The predicted molar refractivity (Wildman–Crippen MR) is 104 cm³/mol. The molecule has 1 aromatic carbocycles. The first-order chi connectivity index (χ1) is 12.6. The molecule has 2 atom stereocenters. The van der Waals surface area contributed by atoms with E-state index in [1.165, 1.54) is 23.5 Å². The number of aromatic nitrogens is 2. The fraction of sp³-hybridized carbons (Fsp3) is 0.278. The standard InChI is InChI=1S/C18H16BrFN4OS/c19-11-3-2-8-21-16(11)17(25)22-12-4-1-5-13(12)23-18-24-14-7-6-10(20)9-15(14)26-18/h2-3,6-9,12-13H,1,4-5H2,(H,22,25)(H,23,24)/t12?,13-/m0/s1. The summed E-state index contributed by atoms with van der Waals surface area (Å²) in [6, 6.07) is 8.24. The van der Waals surface area contributed by atoms with Gasteiger partial charge in [0.25, 0.3) is 5.91 Å². The second-order valence-electron chi connectivity index (χ2n) is 6.23. The van der Waals surface area contributed by atoms with Gasteiger partial charge in [-0.15, -0.1) is 0 Å². The Morgan fingerprint density at radius 2 is 2.12 bits per heavy atom. The van der Waals surface area contributed by atoms with Gasteiger partial charge in [0.2, 0.25) is 0 Å². The normalized spacial score (nSPS) is 19.6. The van der Waals surface area contributed by atoms with Crippen molar-refractivity contribution in [2.24, 2.45) is 0 Å². The number of anilines is 1. The van der Waals surface area contributed by atoms with Gasteiger partial charge in [0.15, 0.2) is 5.13 Å². The molecule has 1 aliphatic carbocycles. The fourth-order valence-electron chi connectivity index (χ4n) is 3.21. The third-order valence-electron chi connectivity index (χ3n) is 4.47. The van der Waals surface area contributed by atoms with Crippen molar-refractivity contribution in [2.75, 3.05) is 5.32 Å². The molecule has 1 amide bonds. The number of pyridine rings is 1. The molecule has 0 radical (unpaired) electrons. The highest BCUT2D eigenvalue weighted by molar-refractivity contribution is 9.10. The van der Waals surface area contributed by atoms with E-state index in [4.69, 9.17) is 0 Å². The molecule has 1 fully saturated rings. The Labute approximate surface area is 162 Å². The number of benzene rings is 1. The molecule has 0 saturated heterocycles. The first-order valence-electron chi connectivity index (χ1n) is 8.34. The minimum atomic E-state index is -0.264. The number of hydrogen-bond acceptors (Lipinski definition) is 5. The molecule has 2 aromatic heterocycles. The average molecular weight is 435 g/mol. The molecule has 134 valence electrons. The summed E-state index contributed by atoms with van der Waals surface area (Å²) in [6.07, 6.45) is 4.46. The number of carbonyl (C=O) groups is 1. The number of hydrogen-bond donors (Lipinski definition) is 2. The molecule has 4 rings (SSSR count). The van der Waals surface area contributed by atoms with Crippen molar-refractivity contribution < 1.29 is 9.18 Å². The van der Waals surface area contributed by atoms with Crippen LogP contribution in [0, 0.1) is 5.82 Å². The summed E-state index contributed by atoms with van der Waals surface area (Å²) >= 11 is 4.79. The summed E-state index contributed by atoms with van der Waals surface area (Å²) in [4.78, 5) is 21.2.